The Labute approximate surface area is 164 Å². The van der Waals surface area contributed by atoms with Crippen LogP contribution >= 0.6 is 0 Å². The summed E-state index contributed by atoms with van der Waals surface area (Å²) in [4.78, 5) is 15.5. The molecular formula is C23H23N3O2. The maximum absolute atomic E-state index is 13.4. The molecule has 1 aliphatic heterocycles. The third-order valence-corrected chi connectivity index (χ3v) is 6.00. The molecule has 0 bridgehead atoms. The third kappa shape index (κ3) is 2.61. The molecule has 0 saturated heterocycles. The predicted octanol–water partition coefficient (Wildman–Crippen LogP) is 4.57. The average Bonchev–Trinajstić information content (AvgIpc) is 3.46. The average molecular weight is 373 g/mol. The van der Waals surface area contributed by atoms with Crippen LogP contribution < -0.4 is 4.74 Å². The lowest BCUT2D eigenvalue weighted by atomic mass is 9.95. The number of hydrogen-bond donors (Lipinski definition) is 1. The zero-order valence-electron chi connectivity index (χ0n) is 15.9. The van der Waals surface area contributed by atoms with E-state index in [2.05, 4.69) is 27.2 Å². The van der Waals surface area contributed by atoms with Gasteiger partial charge in [-0.1, -0.05) is 55.3 Å². The molecule has 3 aromatic rings. The largest absolute Gasteiger partial charge is 0.497 e. The van der Waals surface area contributed by atoms with Crippen molar-refractivity contribution in [3.63, 3.8) is 0 Å². The van der Waals surface area contributed by atoms with Crippen LogP contribution in [0.15, 0.2) is 54.6 Å². The van der Waals surface area contributed by atoms with E-state index in [1.165, 1.54) is 12.8 Å². The first kappa shape index (κ1) is 17.0. The molecule has 0 radical (unpaired) electrons. The topological polar surface area (TPSA) is 58.2 Å². The van der Waals surface area contributed by atoms with E-state index in [1.54, 1.807) is 7.11 Å². The number of H-pyrrole nitrogens is 1. The second kappa shape index (κ2) is 6.82. The fourth-order valence-electron chi connectivity index (χ4n) is 4.65. The molecule has 1 atom stereocenters. The first-order valence-electron chi connectivity index (χ1n) is 9.88. The number of hydrogen-bond acceptors (Lipinski definition) is 3. The summed E-state index contributed by atoms with van der Waals surface area (Å²) in [6.45, 7) is 0. The second-order valence-electron chi connectivity index (χ2n) is 7.55. The Kier molecular flexibility index (Phi) is 4.15. The van der Waals surface area contributed by atoms with Gasteiger partial charge in [-0.25, -0.2) is 0 Å². The molecule has 142 valence electrons. The Bertz CT molecular complexity index is 988. The summed E-state index contributed by atoms with van der Waals surface area (Å²) in [6, 6.07) is 18.3. The normalized spacial score (nSPS) is 19.2. The summed E-state index contributed by atoms with van der Waals surface area (Å²) in [5.74, 6) is 0.883. The van der Waals surface area contributed by atoms with Gasteiger partial charge in [-0.3, -0.25) is 9.89 Å². The van der Waals surface area contributed by atoms with Crippen LogP contribution in [0.2, 0.25) is 0 Å². The van der Waals surface area contributed by atoms with Gasteiger partial charge in [0.2, 0.25) is 0 Å². The number of nitrogens with zero attached hydrogens (tertiary/aromatic N) is 2. The first-order chi connectivity index (χ1) is 13.8. The minimum Gasteiger partial charge on any atom is -0.497 e. The van der Waals surface area contributed by atoms with Crippen LogP contribution in [-0.4, -0.2) is 34.2 Å². The number of rotatable bonds is 4. The van der Waals surface area contributed by atoms with E-state index >= 15 is 0 Å². The molecule has 28 heavy (non-hydrogen) atoms. The van der Waals surface area contributed by atoms with Crippen molar-refractivity contribution in [2.24, 2.45) is 0 Å². The minimum absolute atomic E-state index is 0.0670. The zero-order chi connectivity index (χ0) is 19.1. The van der Waals surface area contributed by atoms with Crippen LogP contribution in [-0.2, 0) is 0 Å². The van der Waals surface area contributed by atoms with Crippen molar-refractivity contribution in [3.8, 4) is 17.0 Å². The Morgan fingerprint density at radius 3 is 2.43 bits per heavy atom. The van der Waals surface area contributed by atoms with E-state index < -0.39 is 0 Å². The van der Waals surface area contributed by atoms with Crippen molar-refractivity contribution < 1.29 is 9.53 Å². The molecule has 2 heterocycles. The molecule has 0 spiro atoms. The standard InChI is InChI=1S/C23H23N3O2/c1-28-18-13-11-16(12-14-18)22-19-20(15-7-3-2-4-8-15)24-25-21(19)23(27)26(22)17-9-5-6-10-17/h2-4,7-8,11-14,17,22H,5-6,9-10H2,1H3,(H,24,25). The first-order valence-corrected chi connectivity index (χ1v) is 9.88. The molecule has 1 fully saturated rings. The zero-order valence-corrected chi connectivity index (χ0v) is 15.9. The van der Waals surface area contributed by atoms with Crippen molar-refractivity contribution >= 4 is 5.91 Å². The number of amides is 1. The van der Waals surface area contributed by atoms with Crippen LogP contribution in [0.1, 0.15) is 53.3 Å². The fraction of sp³-hybridized carbons (Fsp3) is 0.304. The molecular weight excluding hydrogens is 350 g/mol. The SMILES string of the molecule is COc1ccc(C2c3c(-c4ccccc4)n[nH]c3C(=O)N2C2CCCC2)cc1. The number of ether oxygens (including phenoxy) is 1. The van der Waals surface area contributed by atoms with E-state index in [-0.39, 0.29) is 18.0 Å². The molecule has 1 N–H and O–H groups in total. The van der Waals surface area contributed by atoms with Crippen LogP contribution in [0.25, 0.3) is 11.3 Å². The maximum atomic E-state index is 13.4. The van der Waals surface area contributed by atoms with Gasteiger partial charge >= 0.3 is 0 Å². The molecule has 5 nitrogen and oxygen atoms in total. The summed E-state index contributed by atoms with van der Waals surface area (Å²) in [5, 5.41) is 7.58. The molecule has 1 aliphatic carbocycles. The second-order valence-corrected chi connectivity index (χ2v) is 7.55. The third-order valence-electron chi connectivity index (χ3n) is 6.00. The van der Waals surface area contributed by atoms with Crippen LogP contribution in [0.3, 0.4) is 0 Å². The lowest BCUT2D eigenvalue weighted by Gasteiger charge is -2.32. The number of aromatic amines is 1. The van der Waals surface area contributed by atoms with E-state index in [4.69, 9.17) is 4.74 Å². The molecule has 5 heteroatoms. The Hall–Kier alpha value is -3.08. The Morgan fingerprint density at radius 2 is 1.75 bits per heavy atom. The quantitative estimate of drug-likeness (QED) is 0.729. The van der Waals surface area contributed by atoms with Crippen molar-refractivity contribution in [2.45, 2.75) is 37.8 Å². The lowest BCUT2D eigenvalue weighted by molar-refractivity contribution is 0.0660. The van der Waals surface area contributed by atoms with Gasteiger partial charge in [0.05, 0.1) is 18.8 Å². The van der Waals surface area contributed by atoms with Gasteiger partial charge in [0.15, 0.2) is 0 Å². The highest BCUT2D eigenvalue weighted by atomic mass is 16.5. The van der Waals surface area contributed by atoms with Gasteiger partial charge in [0, 0.05) is 17.2 Å². The van der Waals surface area contributed by atoms with Gasteiger partial charge in [-0.2, -0.15) is 5.10 Å². The van der Waals surface area contributed by atoms with Gasteiger partial charge in [0.25, 0.3) is 5.91 Å². The van der Waals surface area contributed by atoms with Crippen molar-refractivity contribution in [2.75, 3.05) is 7.11 Å². The van der Waals surface area contributed by atoms with Gasteiger partial charge in [-0.05, 0) is 30.5 Å². The van der Waals surface area contributed by atoms with E-state index in [1.807, 2.05) is 42.5 Å². The molecule has 1 unspecified atom stereocenters. The monoisotopic (exact) mass is 373 g/mol. The number of carbonyl (C=O) groups excluding carboxylic acids is 1. The predicted molar refractivity (Wildman–Crippen MR) is 107 cm³/mol. The van der Waals surface area contributed by atoms with Gasteiger partial charge in [0.1, 0.15) is 11.4 Å². The minimum atomic E-state index is -0.120. The number of benzene rings is 2. The number of nitrogens with one attached hydrogen (secondary N) is 1. The smallest absolute Gasteiger partial charge is 0.273 e. The number of carbonyl (C=O) groups is 1. The molecule has 2 aromatic carbocycles. The highest BCUT2D eigenvalue weighted by molar-refractivity contribution is 6.00. The van der Waals surface area contributed by atoms with E-state index in [9.17, 15) is 4.79 Å². The molecule has 1 amide bonds. The van der Waals surface area contributed by atoms with Crippen molar-refractivity contribution in [1.29, 1.82) is 0 Å². The number of methoxy groups -OCH3 is 1. The van der Waals surface area contributed by atoms with Crippen molar-refractivity contribution in [3.05, 3.63) is 71.4 Å². The van der Waals surface area contributed by atoms with Crippen molar-refractivity contribution in [1.82, 2.24) is 15.1 Å². The fourth-order valence-corrected chi connectivity index (χ4v) is 4.65. The summed E-state index contributed by atoms with van der Waals surface area (Å²) in [5.41, 5.74) is 4.61. The summed E-state index contributed by atoms with van der Waals surface area (Å²) in [7, 11) is 1.67. The molecule has 1 saturated carbocycles. The number of aromatic nitrogens is 2. The summed E-state index contributed by atoms with van der Waals surface area (Å²) in [6.07, 6.45) is 4.50. The molecule has 1 aromatic heterocycles. The van der Waals surface area contributed by atoms with Crippen LogP contribution in [0.4, 0.5) is 0 Å². The van der Waals surface area contributed by atoms with Crippen LogP contribution in [0.5, 0.6) is 5.75 Å². The molecule has 5 rings (SSSR count). The summed E-state index contributed by atoms with van der Waals surface area (Å²) >= 11 is 0. The van der Waals surface area contributed by atoms with Gasteiger partial charge in [-0.15, -0.1) is 0 Å². The lowest BCUT2D eigenvalue weighted by Crippen LogP contribution is -2.37. The Morgan fingerprint density at radius 1 is 1.04 bits per heavy atom. The maximum Gasteiger partial charge on any atom is 0.273 e. The summed E-state index contributed by atoms with van der Waals surface area (Å²) < 4.78 is 5.33. The molecule has 2 aliphatic rings. The van der Waals surface area contributed by atoms with Crippen LogP contribution in [0, 0.1) is 0 Å². The van der Waals surface area contributed by atoms with E-state index in [0.717, 1.165) is 41.0 Å². The Balaban J connectivity index is 1.66. The number of fused-ring (bicyclic) bond motifs is 1. The van der Waals surface area contributed by atoms with Gasteiger partial charge < -0.3 is 9.64 Å². The van der Waals surface area contributed by atoms with E-state index in [0.29, 0.717) is 5.69 Å². The highest BCUT2D eigenvalue weighted by Crippen LogP contribution is 2.46. The highest BCUT2D eigenvalue weighted by Gasteiger charge is 2.45.